The molecular formula is C16H13N2O3S2-. The van der Waals surface area contributed by atoms with Gasteiger partial charge in [-0.15, -0.1) is 0 Å². The van der Waals surface area contributed by atoms with Gasteiger partial charge in [0.15, 0.2) is 0 Å². The lowest BCUT2D eigenvalue weighted by Crippen LogP contribution is -2.33. The van der Waals surface area contributed by atoms with Gasteiger partial charge >= 0.3 is 0 Å². The van der Waals surface area contributed by atoms with Crippen molar-refractivity contribution in [2.45, 2.75) is 6.42 Å². The third-order valence-corrected chi connectivity index (χ3v) is 5.01. The first kappa shape index (κ1) is 15.8. The normalized spacial score (nSPS) is 16.7. The topological polar surface area (TPSA) is 65.4 Å². The second-order valence-corrected chi connectivity index (χ2v) is 6.84. The van der Waals surface area contributed by atoms with Crippen LogP contribution in [-0.2, 0) is 16.6 Å². The maximum Gasteiger partial charge on any atom is 0.266 e. The molecule has 3 rings (SSSR count). The van der Waals surface area contributed by atoms with Crippen molar-refractivity contribution in [3.8, 4) is 0 Å². The molecule has 0 N–H and O–H groups in total. The van der Waals surface area contributed by atoms with E-state index in [1.807, 2.05) is 42.1 Å². The maximum absolute atomic E-state index is 12.4. The summed E-state index contributed by atoms with van der Waals surface area (Å²) in [7, 11) is 1.95. The molecule has 0 bridgehead atoms. The quantitative estimate of drug-likeness (QED) is 0.621. The molecule has 1 fully saturated rings. The van der Waals surface area contributed by atoms with Crippen LogP contribution in [0, 0.1) is 0 Å². The molecule has 1 saturated heterocycles. The van der Waals surface area contributed by atoms with Gasteiger partial charge in [-0.2, -0.15) is 0 Å². The number of carbonyl (C=O) groups excluding carboxylic acids is 2. The predicted octanol–water partition coefficient (Wildman–Crippen LogP) is 1.52. The Bertz CT molecular complexity index is 854. The standard InChI is InChI=1S/C16H14N2O3S2/c1-17-9-10(11-4-2-3-5-12(11)17)8-13-15(21)18(16(22)23-13)7-6-14(19)20/h2-5,8-9H,6-7H2,1H3,(H,19,20)/p-1/b13-8-. The number of carboxylic acid groups (broad SMARTS) is 1. The predicted molar refractivity (Wildman–Crippen MR) is 92.4 cm³/mol. The Labute approximate surface area is 142 Å². The van der Waals surface area contributed by atoms with E-state index in [-0.39, 0.29) is 18.9 Å². The van der Waals surface area contributed by atoms with E-state index in [2.05, 4.69) is 0 Å². The van der Waals surface area contributed by atoms with Gasteiger partial charge in [-0.05, 0) is 12.1 Å². The molecule has 1 aromatic heterocycles. The van der Waals surface area contributed by atoms with Crippen molar-refractivity contribution in [1.29, 1.82) is 0 Å². The Balaban J connectivity index is 1.92. The number of hydrogen-bond acceptors (Lipinski definition) is 5. The summed E-state index contributed by atoms with van der Waals surface area (Å²) in [5.74, 6) is -1.45. The van der Waals surface area contributed by atoms with Gasteiger partial charge in [-0.3, -0.25) is 9.69 Å². The zero-order valence-electron chi connectivity index (χ0n) is 12.3. The Kier molecular flexibility index (Phi) is 4.23. The zero-order chi connectivity index (χ0) is 16.6. The Morgan fingerprint density at radius 3 is 2.87 bits per heavy atom. The fourth-order valence-corrected chi connectivity index (χ4v) is 3.82. The Morgan fingerprint density at radius 2 is 2.13 bits per heavy atom. The first-order chi connectivity index (χ1) is 11.0. The third kappa shape index (κ3) is 3.02. The SMILES string of the molecule is Cn1cc(/C=C2\SC(=S)N(CCC(=O)[O-])C2=O)c2ccccc21. The summed E-state index contributed by atoms with van der Waals surface area (Å²) in [6.07, 6.45) is 3.53. The summed E-state index contributed by atoms with van der Waals surface area (Å²) < 4.78 is 2.38. The summed E-state index contributed by atoms with van der Waals surface area (Å²) in [6.45, 7) is 0.0415. The van der Waals surface area contributed by atoms with Crippen LogP contribution in [0.25, 0.3) is 17.0 Å². The van der Waals surface area contributed by atoms with Crippen molar-refractivity contribution >= 4 is 57.2 Å². The minimum Gasteiger partial charge on any atom is -0.550 e. The lowest BCUT2D eigenvalue weighted by atomic mass is 10.1. The van der Waals surface area contributed by atoms with E-state index in [9.17, 15) is 14.7 Å². The van der Waals surface area contributed by atoms with Gasteiger partial charge in [-0.25, -0.2) is 0 Å². The molecule has 0 spiro atoms. The molecule has 7 heteroatoms. The van der Waals surface area contributed by atoms with Crippen molar-refractivity contribution in [3.05, 3.63) is 40.9 Å². The first-order valence-corrected chi connectivity index (χ1v) is 8.19. The second kappa shape index (κ2) is 6.17. The third-order valence-electron chi connectivity index (χ3n) is 3.63. The van der Waals surface area contributed by atoms with Crippen LogP contribution in [0.15, 0.2) is 35.4 Å². The fourth-order valence-electron chi connectivity index (χ4n) is 2.53. The molecule has 0 saturated carbocycles. The minimum absolute atomic E-state index is 0.0415. The minimum atomic E-state index is -1.20. The number of fused-ring (bicyclic) bond motifs is 1. The monoisotopic (exact) mass is 345 g/mol. The second-order valence-electron chi connectivity index (χ2n) is 5.17. The number of amides is 1. The molecule has 2 aromatic rings. The van der Waals surface area contributed by atoms with Gasteiger partial charge in [-0.1, -0.05) is 42.2 Å². The van der Waals surface area contributed by atoms with E-state index >= 15 is 0 Å². The molecule has 0 radical (unpaired) electrons. The van der Waals surface area contributed by atoms with Crippen LogP contribution < -0.4 is 5.11 Å². The summed E-state index contributed by atoms with van der Waals surface area (Å²) in [5.41, 5.74) is 2.01. The number of rotatable bonds is 4. The van der Waals surface area contributed by atoms with Gasteiger partial charge < -0.3 is 14.5 Å². The van der Waals surface area contributed by atoms with E-state index in [0.29, 0.717) is 9.23 Å². The van der Waals surface area contributed by atoms with Crippen molar-refractivity contribution in [2.24, 2.45) is 7.05 Å². The van der Waals surface area contributed by atoms with Crippen molar-refractivity contribution in [1.82, 2.24) is 9.47 Å². The van der Waals surface area contributed by atoms with E-state index in [0.717, 1.165) is 16.5 Å². The number of aryl methyl sites for hydroxylation is 1. The molecule has 0 atom stereocenters. The van der Waals surface area contributed by atoms with Gasteiger partial charge in [0, 0.05) is 48.6 Å². The van der Waals surface area contributed by atoms with E-state index in [4.69, 9.17) is 12.2 Å². The number of thiocarbonyl (C=S) groups is 1. The summed E-state index contributed by atoms with van der Waals surface area (Å²) in [6, 6.07) is 7.92. The van der Waals surface area contributed by atoms with E-state index in [1.54, 1.807) is 6.08 Å². The van der Waals surface area contributed by atoms with Crippen LogP contribution in [0.3, 0.4) is 0 Å². The molecule has 118 valence electrons. The van der Waals surface area contributed by atoms with Gasteiger partial charge in [0.25, 0.3) is 5.91 Å². The molecule has 1 aliphatic rings. The molecule has 0 unspecified atom stereocenters. The maximum atomic E-state index is 12.4. The van der Waals surface area contributed by atoms with Crippen molar-refractivity contribution < 1.29 is 14.7 Å². The molecule has 2 heterocycles. The zero-order valence-corrected chi connectivity index (χ0v) is 13.9. The van der Waals surface area contributed by atoms with E-state index in [1.165, 1.54) is 16.7 Å². The highest BCUT2D eigenvalue weighted by Gasteiger charge is 2.31. The average molecular weight is 345 g/mol. The lowest BCUT2D eigenvalue weighted by molar-refractivity contribution is -0.305. The molecule has 1 aliphatic heterocycles. The summed E-state index contributed by atoms with van der Waals surface area (Å²) in [5, 5.41) is 11.6. The highest BCUT2D eigenvalue weighted by Crippen LogP contribution is 2.34. The number of thioether (sulfide) groups is 1. The Morgan fingerprint density at radius 1 is 1.39 bits per heavy atom. The van der Waals surface area contributed by atoms with Gasteiger partial charge in [0.05, 0.1) is 4.91 Å². The van der Waals surface area contributed by atoms with Crippen LogP contribution in [0.5, 0.6) is 0 Å². The Hall–Kier alpha value is -2.12. The van der Waals surface area contributed by atoms with Gasteiger partial charge in [0.1, 0.15) is 4.32 Å². The highest BCUT2D eigenvalue weighted by molar-refractivity contribution is 8.26. The number of carbonyl (C=O) groups is 2. The van der Waals surface area contributed by atoms with E-state index < -0.39 is 5.97 Å². The average Bonchev–Trinajstić information content (AvgIpc) is 2.96. The number of para-hydroxylation sites is 1. The molecule has 1 amide bonds. The van der Waals surface area contributed by atoms with Crippen LogP contribution in [0.1, 0.15) is 12.0 Å². The summed E-state index contributed by atoms with van der Waals surface area (Å²) in [4.78, 5) is 24.8. The number of benzene rings is 1. The van der Waals surface area contributed by atoms with Gasteiger partial charge in [0.2, 0.25) is 0 Å². The molecule has 1 aromatic carbocycles. The fraction of sp³-hybridized carbons (Fsp3) is 0.188. The lowest BCUT2D eigenvalue weighted by Gasteiger charge is -2.14. The molecule has 23 heavy (non-hydrogen) atoms. The van der Waals surface area contributed by atoms with Crippen molar-refractivity contribution in [2.75, 3.05) is 6.54 Å². The number of aliphatic carboxylic acids is 1. The van der Waals surface area contributed by atoms with Crippen molar-refractivity contribution in [3.63, 3.8) is 0 Å². The highest BCUT2D eigenvalue weighted by atomic mass is 32.2. The van der Waals surface area contributed by atoms with Crippen LogP contribution in [-0.4, -0.2) is 32.2 Å². The summed E-state index contributed by atoms with van der Waals surface area (Å²) >= 11 is 6.37. The van der Waals surface area contributed by atoms with Crippen LogP contribution >= 0.6 is 24.0 Å². The first-order valence-electron chi connectivity index (χ1n) is 6.96. The number of nitrogens with zero attached hydrogens (tertiary/aromatic N) is 2. The van der Waals surface area contributed by atoms with Crippen LogP contribution in [0.2, 0.25) is 0 Å². The smallest absolute Gasteiger partial charge is 0.266 e. The molecule has 0 aliphatic carbocycles. The molecular weight excluding hydrogens is 332 g/mol. The molecule has 5 nitrogen and oxygen atoms in total. The number of aromatic nitrogens is 1. The largest absolute Gasteiger partial charge is 0.550 e. The number of hydrogen-bond donors (Lipinski definition) is 0. The van der Waals surface area contributed by atoms with Crippen LogP contribution in [0.4, 0.5) is 0 Å². The number of carboxylic acids is 1.